The van der Waals surface area contributed by atoms with Gasteiger partial charge < -0.3 is 9.47 Å². The number of hydrogen-bond donors (Lipinski definition) is 0. The molecule has 148 valence electrons. The van der Waals surface area contributed by atoms with Crippen LogP contribution in [0.5, 0.6) is 5.75 Å². The molecule has 0 aromatic heterocycles. The standard InChI is InChI=1S/C20H20BrNO5S/c1-12-3-6-14(7-4-12)28(24,25)22-16-10-19(17(22)11-20(23)26-2)27-18-8-5-13(21)9-15(16)18/h3-9,16-17,19H,10-11H2,1-2H3. The minimum atomic E-state index is -3.84. The first kappa shape index (κ1) is 19.4. The van der Waals surface area contributed by atoms with Gasteiger partial charge in [0.15, 0.2) is 0 Å². The van der Waals surface area contributed by atoms with Crippen molar-refractivity contribution in [3.05, 3.63) is 58.1 Å². The van der Waals surface area contributed by atoms with Crippen LogP contribution >= 0.6 is 15.9 Å². The van der Waals surface area contributed by atoms with Crippen molar-refractivity contribution in [1.29, 1.82) is 0 Å². The summed E-state index contributed by atoms with van der Waals surface area (Å²) in [5.74, 6) is 0.191. The molecule has 8 heteroatoms. The Hall–Kier alpha value is -1.90. The molecular weight excluding hydrogens is 446 g/mol. The average Bonchev–Trinajstić information content (AvgIpc) is 2.96. The van der Waals surface area contributed by atoms with Crippen molar-refractivity contribution in [3.8, 4) is 5.75 Å². The van der Waals surface area contributed by atoms with E-state index < -0.39 is 34.2 Å². The summed E-state index contributed by atoms with van der Waals surface area (Å²) in [6.45, 7) is 1.90. The first-order valence-corrected chi connectivity index (χ1v) is 11.2. The van der Waals surface area contributed by atoms with Crippen molar-refractivity contribution in [2.75, 3.05) is 7.11 Å². The van der Waals surface area contributed by atoms with Crippen LogP contribution in [-0.4, -0.2) is 37.9 Å². The van der Waals surface area contributed by atoms with Crippen LogP contribution in [0.3, 0.4) is 0 Å². The fourth-order valence-corrected chi connectivity index (χ4v) is 6.17. The average molecular weight is 466 g/mol. The second kappa shape index (κ2) is 7.17. The lowest BCUT2D eigenvalue weighted by Gasteiger charge is -2.28. The molecule has 2 bridgehead atoms. The second-order valence-electron chi connectivity index (χ2n) is 7.09. The van der Waals surface area contributed by atoms with Crippen molar-refractivity contribution in [2.24, 2.45) is 0 Å². The fourth-order valence-electron chi connectivity index (χ4n) is 3.97. The Bertz CT molecular complexity index is 1020. The lowest BCUT2D eigenvalue weighted by Crippen LogP contribution is -2.42. The van der Waals surface area contributed by atoms with Crippen LogP contribution in [0.15, 0.2) is 51.8 Å². The maximum absolute atomic E-state index is 13.6. The zero-order valence-corrected chi connectivity index (χ0v) is 17.9. The predicted molar refractivity (Wildman–Crippen MR) is 107 cm³/mol. The van der Waals surface area contributed by atoms with Gasteiger partial charge in [0.25, 0.3) is 0 Å². The van der Waals surface area contributed by atoms with Crippen LogP contribution in [0.4, 0.5) is 0 Å². The SMILES string of the molecule is COC(=O)CC1C2CC(c3cc(Br)ccc3O2)N1S(=O)(=O)c1ccc(C)cc1. The summed E-state index contributed by atoms with van der Waals surface area (Å²) in [7, 11) is -2.54. The highest BCUT2D eigenvalue weighted by Crippen LogP contribution is 2.50. The molecule has 3 unspecified atom stereocenters. The van der Waals surface area contributed by atoms with Gasteiger partial charge in [-0.1, -0.05) is 33.6 Å². The first-order valence-electron chi connectivity index (χ1n) is 8.94. The smallest absolute Gasteiger partial charge is 0.307 e. The summed E-state index contributed by atoms with van der Waals surface area (Å²) in [4.78, 5) is 12.2. The third kappa shape index (κ3) is 3.23. The molecule has 0 spiro atoms. The molecule has 1 fully saturated rings. The molecule has 28 heavy (non-hydrogen) atoms. The van der Waals surface area contributed by atoms with Gasteiger partial charge in [-0.2, -0.15) is 4.31 Å². The number of benzene rings is 2. The van der Waals surface area contributed by atoms with E-state index in [1.807, 2.05) is 25.1 Å². The number of nitrogens with zero attached hydrogens (tertiary/aromatic N) is 1. The highest BCUT2D eigenvalue weighted by molar-refractivity contribution is 9.10. The maximum Gasteiger partial charge on any atom is 0.307 e. The number of fused-ring (bicyclic) bond motifs is 4. The number of hydrogen-bond acceptors (Lipinski definition) is 5. The number of aryl methyl sites for hydroxylation is 1. The van der Waals surface area contributed by atoms with Gasteiger partial charge >= 0.3 is 5.97 Å². The van der Waals surface area contributed by atoms with Crippen LogP contribution in [0, 0.1) is 6.92 Å². The van der Waals surface area contributed by atoms with E-state index in [0.717, 1.165) is 15.6 Å². The molecule has 3 atom stereocenters. The zero-order valence-electron chi connectivity index (χ0n) is 15.5. The lowest BCUT2D eigenvalue weighted by atomic mass is 9.99. The van der Waals surface area contributed by atoms with E-state index in [0.29, 0.717) is 12.2 Å². The molecule has 2 aliphatic heterocycles. The van der Waals surface area contributed by atoms with Crippen molar-refractivity contribution in [1.82, 2.24) is 4.31 Å². The Morgan fingerprint density at radius 3 is 2.64 bits per heavy atom. The van der Waals surface area contributed by atoms with Crippen LogP contribution in [0.1, 0.15) is 30.0 Å². The van der Waals surface area contributed by atoms with Gasteiger partial charge in [-0.15, -0.1) is 0 Å². The van der Waals surface area contributed by atoms with Gasteiger partial charge in [-0.3, -0.25) is 4.79 Å². The molecule has 0 saturated carbocycles. The number of rotatable bonds is 4. The number of carbonyl (C=O) groups excluding carboxylic acids is 1. The monoisotopic (exact) mass is 465 g/mol. The predicted octanol–water partition coefficient (Wildman–Crippen LogP) is 3.59. The van der Waals surface area contributed by atoms with E-state index in [9.17, 15) is 13.2 Å². The summed E-state index contributed by atoms with van der Waals surface area (Å²) in [6.07, 6.45) is 0.0340. The molecular formula is C20H20BrNO5S. The topological polar surface area (TPSA) is 72.9 Å². The number of ether oxygens (including phenoxy) is 2. The minimum absolute atomic E-state index is 0.0576. The van der Waals surface area contributed by atoms with Gasteiger partial charge in [-0.25, -0.2) is 8.42 Å². The van der Waals surface area contributed by atoms with Gasteiger partial charge in [0.05, 0.1) is 30.5 Å². The normalized spacial score (nSPS) is 23.8. The molecule has 2 aromatic carbocycles. The summed E-state index contributed by atoms with van der Waals surface area (Å²) >= 11 is 3.45. The first-order chi connectivity index (χ1) is 13.3. The molecule has 0 radical (unpaired) electrons. The third-order valence-corrected chi connectivity index (χ3v) is 7.77. The molecule has 0 N–H and O–H groups in total. The van der Waals surface area contributed by atoms with Gasteiger partial charge in [0.2, 0.25) is 10.0 Å². The van der Waals surface area contributed by atoms with Crippen LogP contribution in [-0.2, 0) is 19.6 Å². The largest absolute Gasteiger partial charge is 0.488 e. The van der Waals surface area contributed by atoms with Gasteiger partial charge in [0, 0.05) is 16.5 Å². The van der Waals surface area contributed by atoms with Crippen LogP contribution < -0.4 is 4.74 Å². The Kier molecular flexibility index (Phi) is 4.97. The number of carbonyl (C=O) groups is 1. The molecule has 0 amide bonds. The van der Waals surface area contributed by atoms with E-state index in [-0.39, 0.29) is 11.3 Å². The van der Waals surface area contributed by atoms with Crippen molar-refractivity contribution < 1.29 is 22.7 Å². The maximum atomic E-state index is 13.6. The number of halogens is 1. The third-order valence-electron chi connectivity index (χ3n) is 5.33. The molecule has 2 heterocycles. The molecule has 4 rings (SSSR count). The fraction of sp³-hybridized carbons (Fsp3) is 0.350. The minimum Gasteiger partial charge on any atom is -0.488 e. The van der Waals surface area contributed by atoms with Gasteiger partial charge in [0.1, 0.15) is 11.9 Å². The number of methoxy groups -OCH3 is 1. The van der Waals surface area contributed by atoms with E-state index in [1.165, 1.54) is 11.4 Å². The van der Waals surface area contributed by atoms with Crippen LogP contribution in [0.2, 0.25) is 0 Å². The van der Waals surface area contributed by atoms with Crippen molar-refractivity contribution >= 4 is 31.9 Å². The Balaban J connectivity index is 1.83. The van der Waals surface area contributed by atoms with E-state index >= 15 is 0 Å². The van der Waals surface area contributed by atoms with Gasteiger partial charge in [-0.05, 0) is 37.3 Å². The molecule has 0 aliphatic carbocycles. The summed E-state index contributed by atoms with van der Waals surface area (Å²) < 4.78 is 40.3. The Morgan fingerprint density at radius 2 is 1.96 bits per heavy atom. The summed E-state index contributed by atoms with van der Waals surface area (Å²) in [6, 6.07) is 11.3. The molecule has 6 nitrogen and oxygen atoms in total. The molecule has 2 aliphatic rings. The molecule has 2 aromatic rings. The van der Waals surface area contributed by atoms with Crippen molar-refractivity contribution in [3.63, 3.8) is 0 Å². The summed E-state index contributed by atoms with van der Waals surface area (Å²) in [5.41, 5.74) is 1.77. The Morgan fingerprint density at radius 1 is 1.25 bits per heavy atom. The highest BCUT2D eigenvalue weighted by atomic mass is 79.9. The van der Waals surface area contributed by atoms with E-state index in [4.69, 9.17) is 9.47 Å². The van der Waals surface area contributed by atoms with Crippen LogP contribution in [0.25, 0.3) is 0 Å². The highest BCUT2D eigenvalue weighted by Gasteiger charge is 2.53. The number of sulfonamides is 1. The van der Waals surface area contributed by atoms with E-state index in [1.54, 1.807) is 24.3 Å². The quantitative estimate of drug-likeness (QED) is 0.645. The number of esters is 1. The van der Waals surface area contributed by atoms with Crippen molar-refractivity contribution in [2.45, 2.75) is 42.8 Å². The Labute approximate surface area is 172 Å². The van der Waals surface area contributed by atoms with E-state index in [2.05, 4.69) is 15.9 Å². The second-order valence-corrected chi connectivity index (χ2v) is 9.84. The summed E-state index contributed by atoms with van der Waals surface area (Å²) in [5, 5.41) is 0. The zero-order chi connectivity index (χ0) is 20.1. The lowest BCUT2D eigenvalue weighted by molar-refractivity contribution is -0.142. The molecule has 1 saturated heterocycles.